The van der Waals surface area contributed by atoms with E-state index in [2.05, 4.69) is 25.8 Å². The van der Waals surface area contributed by atoms with Gasteiger partial charge in [0.2, 0.25) is 0 Å². The Kier molecular flexibility index (Phi) is 8.65. The van der Waals surface area contributed by atoms with Gasteiger partial charge >= 0.3 is 0 Å². The Morgan fingerprint density at radius 1 is 1.46 bits per heavy atom. The van der Waals surface area contributed by atoms with Crippen LogP contribution in [0.1, 0.15) is 37.0 Å². The van der Waals surface area contributed by atoms with E-state index in [1.54, 1.807) is 18.3 Å². The van der Waals surface area contributed by atoms with Crippen LogP contribution in [0.25, 0.3) is 0 Å². The molecule has 1 fully saturated rings. The Bertz CT molecular complexity index is 756. The summed E-state index contributed by atoms with van der Waals surface area (Å²) in [5.74, 6) is 2.26. The fourth-order valence-corrected chi connectivity index (χ4v) is 3.64. The average Bonchev–Trinajstić information content (AvgIpc) is 3.40. The van der Waals surface area contributed by atoms with Crippen molar-refractivity contribution in [1.82, 2.24) is 25.4 Å². The lowest BCUT2D eigenvalue weighted by Gasteiger charge is -2.24. The summed E-state index contributed by atoms with van der Waals surface area (Å²) < 4.78 is 7.59. The van der Waals surface area contributed by atoms with Crippen molar-refractivity contribution in [2.75, 3.05) is 19.7 Å². The van der Waals surface area contributed by atoms with Gasteiger partial charge in [-0.2, -0.15) is 11.3 Å². The van der Waals surface area contributed by atoms with Crippen molar-refractivity contribution in [2.45, 2.75) is 44.9 Å². The minimum absolute atomic E-state index is 0. The normalized spacial score (nSPS) is 19.1. The van der Waals surface area contributed by atoms with Crippen molar-refractivity contribution in [3.8, 4) is 0 Å². The van der Waals surface area contributed by atoms with Gasteiger partial charge < -0.3 is 25.0 Å². The molecule has 28 heavy (non-hydrogen) atoms. The molecule has 0 aliphatic carbocycles. The molecular formula is C18H29IN6O2S. The quantitative estimate of drug-likeness (QED) is 0.294. The molecule has 2 aromatic heterocycles. The van der Waals surface area contributed by atoms with Crippen molar-refractivity contribution in [2.24, 2.45) is 12.0 Å². The Morgan fingerprint density at radius 2 is 2.29 bits per heavy atom. The third kappa shape index (κ3) is 6.13. The highest BCUT2D eigenvalue weighted by Gasteiger charge is 2.24. The molecule has 3 heterocycles. The molecule has 0 radical (unpaired) electrons. The Balaban J connectivity index is 0.00000280. The van der Waals surface area contributed by atoms with Crippen LogP contribution >= 0.6 is 35.3 Å². The summed E-state index contributed by atoms with van der Waals surface area (Å²) >= 11 is 1.57. The number of nitrogens with zero attached hydrogens (tertiary/aromatic N) is 4. The first-order chi connectivity index (χ1) is 13.0. The predicted octanol–water partition coefficient (Wildman–Crippen LogP) is 1.92. The third-order valence-corrected chi connectivity index (χ3v) is 5.51. The molecule has 1 saturated heterocycles. The van der Waals surface area contributed by atoms with Crippen LogP contribution in [0, 0.1) is 6.92 Å². The maximum absolute atomic E-state index is 10.7. The van der Waals surface area contributed by atoms with Gasteiger partial charge in [0.05, 0.1) is 12.6 Å². The summed E-state index contributed by atoms with van der Waals surface area (Å²) in [6, 6.07) is 1.94. The van der Waals surface area contributed by atoms with Crippen molar-refractivity contribution in [3.05, 3.63) is 34.0 Å². The van der Waals surface area contributed by atoms with E-state index in [1.807, 2.05) is 35.4 Å². The lowest BCUT2D eigenvalue weighted by molar-refractivity contribution is 0.0620. The second-order valence-electron chi connectivity index (χ2n) is 7.04. The van der Waals surface area contributed by atoms with E-state index in [4.69, 9.17) is 4.74 Å². The van der Waals surface area contributed by atoms with E-state index in [0.29, 0.717) is 25.6 Å². The first-order valence-electron chi connectivity index (χ1n) is 9.19. The largest absolute Gasteiger partial charge is 0.384 e. The Hall–Kier alpha value is -1.24. The number of halogens is 1. The zero-order valence-electron chi connectivity index (χ0n) is 16.5. The average molecular weight is 520 g/mol. The van der Waals surface area contributed by atoms with Crippen LogP contribution in [-0.2, 0) is 23.9 Å². The minimum Gasteiger partial charge on any atom is -0.384 e. The molecule has 0 spiro atoms. The second-order valence-corrected chi connectivity index (χ2v) is 7.82. The van der Waals surface area contributed by atoms with Gasteiger partial charge in [0.25, 0.3) is 0 Å². The van der Waals surface area contributed by atoms with Crippen LogP contribution in [0.5, 0.6) is 0 Å². The summed E-state index contributed by atoms with van der Waals surface area (Å²) in [5.41, 5.74) is -0.0874. The molecule has 3 rings (SSSR count). The van der Waals surface area contributed by atoms with E-state index < -0.39 is 5.60 Å². The summed E-state index contributed by atoms with van der Waals surface area (Å²) in [7, 11) is 1.93. The number of aliphatic imine (C=N–C) groups is 1. The number of aryl methyl sites for hydroxylation is 1. The summed E-state index contributed by atoms with van der Waals surface area (Å²) in [6.45, 7) is 5.96. The molecule has 0 bridgehead atoms. The third-order valence-electron chi connectivity index (χ3n) is 4.83. The highest BCUT2D eigenvalue weighted by atomic mass is 127. The lowest BCUT2D eigenvalue weighted by atomic mass is 9.99. The molecule has 1 aliphatic heterocycles. The lowest BCUT2D eigenvalue weighted by Crippen LogP contribution is -2.46. The molecule has 1 aliphatic rings. The van der Waals surface area contributed by atoms with Crippen molar-refractivity contribution < 1.29 is 9.84 Å². The smallest absolute Gasteiger partial charge is 0.191 e. The van der Waals surface area contributed by atoms with E-state index in [0.717, 1.165) is 36.7 Å². The van der Waals surface area contributed by atoms with Gasteiger partial charge in [-0.1, -0.05) is 0 Å². The van der Waals surface area contributed by atoms with Crippen LogP contribution in [0.3, 0.4) is 0 Å². The number of aromatic nitrogens is 3. The number of hydrogen-bond acceptors (Lipinski definition) is 6. The van der Waals surface area contributed by atoms with Crippen molar-refractivity contribution in [3.63, 3.8) is 0 Å². The van der Waals surface area contributed by atoms with E-state index in [9.17, 15) is 5.11 Å². The second kappa shape index (κ2) is 10.5. The predicted molar refractivity (Wildman–Crippen MR) is 121 cm³/mol. The fourth-order valence-electron chi connectivity index (χ4n) is 2.86. The summed E-state index contributed by atoms with van der Waals surface area (Å²) in [6.07, 6.45) is 2.35. The molecule has 8 nitrogen and oxygen atoms in total. The molecule has 10 heteroatoms. The zero-order chi connectivity index (χ0) is 19.3. The standard InChI is InChI=1S/C18H28N6O2S.HI/c1-13-22-23-16(24(13)3)10-20-17(19-9-15-5-4-7-26-15)21-12-18(2,25)14-6-8-27-11-14;/h6,8,11,15,25H,4-5,7,9-10,12H2,1-3H3,(H2,19,20,21);1H. The molecule has 0 amide bonds. The van der Waals surface area contributed by atoms with Crippen LogP contribution in [0.15, 0.2) is 21.8 Å². The van der Waals surface area contributed by atoms with Gasteiger partial charge in [-0.05, 0) is 49.1 Å². The number of thiophene rings is 1. The van der Waals surface area contributed by atoms with Crippen LogP contribution in [-0.4, -0.2) is 51.6 Å². The van der Waals surface area contributed by atoms with Gasteiger partial charge in [0.15, 0.2) is 11.8 Å². The Labute approximate surface area is 186 Å². The molecule has 0 aromatic carbocycles. The van der Waals surface area contributed by atoms with Crippen LogP contribution < -0.4 is 10.6 Å². The molecule has 2 aromatic rings. The van der Waals surface area contributed by atoms with E-state index >= 15 is 0 Å². The topological polar surface area (TPSA) is 96.6 Å². The first-order valence-corrected chi connectivity index (χ1v) is 10.1. The number of hydrogen-bond donors (Lipinski definition) is 3. The van der Waals surface area contributed by atoms with Gasteiger partial charge in [-0.15, -0.1) is 34.2 Å². The van der Waals surface area contributed by atoms with Crippen molar-refractivity contribution >= 4 is 41.3 Å². The zero-order valence-corrected chi connectivity index (χ0v) is 19.7. The first kappa shape index (κ1) is 23.0. The molecular weight excluding hydrogens is 491 g/mol. The summed E-state index contributed by atoms with van der Waals surface area (Å²) in [4.78, 5) is 4.62. The number of ether oxygens (including phenoxy) is 1. The number of rotatable bonds is 7. The van der Waals surface area contributed by atoms with Gasteiger partial charge in [0.1, 0.15) is 18.0 Å². The van der Waals surface area contributed by atoms with Crippen LogP contribution in [0.4, 0.5) is 0 Å². The van der Waals surface area contributed by atoms with Gasteiger partial charge in [-0.3, -0.25) is 0 Å². The Morgan fingerprint density at radius 3 is 2.89 bits per heavy atom. The molecule has 2 atom stereocenters. The van der Waals surface area contributed by atoms with Gasteiger partial charge in [0, 0.05) is 20.2 Å². The van der Waals surface area contributed by atoms with E-state index in [-0.39, 0.29) is 30.1 Å². The van der Waals surface area contributed by atoms with Crippen molar-refractivity contribution in [1.29, 1.82) is 0 Å². The maximum Gasteiger partial charge on any atom is 0.191 e. The highest BCUT2D eigenvalue weighted by molar-refractivity contribution is 14.0. The molecule has 0 saturated carbocycles. The minimum atomic E-state index is -0.978. The van der Waals surface area contributed by atoms with Gasteiger partial charge in [-0.25, -0.2) is 4.99 Å². The maximum atomic E-state index is 10.7. The molecule has 3 N–H and O–H groups in total. The summed E-state index contributed by atoms with van der Waals surface area (Å²) in [5, 5.41) is 29.5. The number of guanidine groups is 1. The number of aliphatic hydroxyl groups is 1. The fraction of sp³-hybridized carbons (Fsp3) is 0.611. The highest BCUT2D eigenvalue weighted by Crippen LogP contribution is 2.22. The molecule has 156 valence electrons. The monoisotopic (exact) mass is 520 g/mol. The number of nitrogens with one attached hydrogen (secondary N) is 2. The van der Waals surface area contributed by atoms with E-state index in [1.165, 1.54) is 0 Å². The SMILES string of the molecule is Cc1nnc(CN=C(NCC2CCCO2)NCC(C)(O)c2ccsc2)n1C.I. The molecule has 2 unspecified atom stereocenters. The van der Waals surface area contributed by atoms with Crippen LogP contribution in [0.2, 0.25) is 0 Å².